The number of likely N-dealkylation sites (N-methyl/N-ethyl adjacent to an activating group) is 2. The topological polar surface area (TPSA) is 41.6 Å². The second kappa shape index (κ2) is 8.54. The maximum absolute atomic E-state index is 11.8. The minimum Gasteiger partial charge on any atom is -0.465 e. The van der Waals surface area contributed by atoms with Crippen LogP contribution >= 0.6 is 0 Å². The van der Waals surface area contributed by atoms with Crippen molar-refractivity contribution in [2.45, 2.75) is 58.0 Å². The third kappa shape index (κ3) is 5.11. The van der Waals surface area contributed by atoms with Crippen molar-refractivity contribution in [3.63, 3.8) is 0 Å². The van der Waals surface area contributed by atoms with Crippen molar-refractivity contribution in [2.75, 3.05) is 27.2 Å². The number of nitrogens with zero attached hydrogens (tertiary/aromatic N) is 1. The number of nitrogens with one attached hydrogen (secondary N) is 1. The zero-order valence-corrected chi connectivity index (χ0v) is 12.9. The average molecular weight is 270 g/mol. The van der Waals surface area contributed by atoms with Crippen LogP contribution in [-0.4, -0.2) is 50.2 Å². The van der Waals surface area contributed by atoms with Gasteiger partial charge < -0.3 is 15.0 Å². The van der Waals surface area contributed by atoms with E-state index in [4.69, 9.17) is 4.74 Å². The fourth-order valence-corrected chi connectivity index (χ4v) is 2.96. The Bertz CT molecular complexity index is 263. The standard InChI is InChI=1S/C15H30N2O2/c1-5-12-7-9-13(10-8-12)17(4)11-14(16-3)15(18)19-6-2/h12-14,16H,5-11H2,1-4H3. The van der Waals surface area contributed by atoms with Gasteiger partial charge in [-0.1, -0.05) is 13.3 Å². The molecule has 4 nitrogen and oxygen atoms in total. The molecule has 1 aliphatic carbocycles. The maximum atomic E-state index is 11.8. The fraction of sp³-hybridized carbons (Fsp3) is 0.933. The van der Waals surface area contributed by atoms with Gasteiger partial charge in [-0.05, 0) is 52.6 Å². The molecule has 0 aromatic heterocycles. The van der Waals surface area contributed by atoms with Crippen LogP contribution in [0.15, 0.2) is 0 Å². The number of carbonyl (C=O) groups excluding carboxylic acids is 1. The molecule has 0 amide bonds. The number of hydrogen-bond donors (Lipinski definition) is 1. The first-order valence-electron chi connectivity index (χ1n) is 7.66. The van der Waals surface area contributed by atoms with E-state index in [1.54, 1.807) is 0 Å². The van der Waals surface area contributed by atoms with Crippen LogP contribution in [0.25, 0.3) is 0 Å². The van der Waals surface area contributed by atoms with Crippen molar-refractivity contribution in [1.82, 2.24) is 10.2 Å². The fourth-order valence-electron chi connectivity index (χ4n) is 2.96. The normalized spacial score (nSPS) is 25.3. The molecule has 1 atom stereocenters. The molecular formula is C15H30N2O2. The smallest absolute Gasteiger partial charge is 0.324 e. The lowest BCUT2D eigenvalue weighted by atomic mass is 9.84. The van der Waals surface area contributed by atoms with Crippen LogP contribution < -0.4 is 5.32 Å². The van der Waals surface area contributed by atoms with Crippen LogP contribution in [0.4, 0.5) is 0 Å². The number of carbonyl (C=O) groups is 1. The van der Waals surface area contributed by atoms with Gasteiger partial charge in [0.1, 0.15) is 6.04 Å². The van der Waals surface area contributed by atoms with Crippen molar-refractivity contribution in [3.8, 4) is 0 Å². The molecule has 1 rings (SSSR count). The van der Waals surface area contributed by atoms with Gasteiger partial charge in [-0.2, -0.15) is 0 Å². The quantitative estimate of drug-likeness (QED) is 0.719. The van der Waals surface area contributed by atoms with E-state index >= 15 is 0 Å². The van der Waals surface area contributed by atoms with Crippen LogP contribution in [0.1, 0.15) is 46.0 Å². The first-order valence-corrected chi connectivity index (χ1v) is 7.66. The van der Waals surface area contributed by atoms with Crippen molar-refractivity contribution >= 4 is 5.97 Å². The molecule has 1 aliphatic rings. The summed E-state index contributed by atoms with van der Waals surface area (Å²) in [7, 11) is 3.95. The van der Waals surface area contributed by atoms with Crippen LogP contribution in [0.5, 0.6) is 0 Å². The molecule has 1 saturated carbocycles. The maximum Gasteiger partial charge on any atom is 0.324 e. The van der Waals surface area contributed by atoms with Gasteiger partial charge in [-0.25, -0.2) is 0 Å². The van der Waals surface area contributed by atoms with Crippen molar-refractivity contribution in [3.05, 3.63) is 0 Å². The summed E-state index contributed by atoms with van der Waals surface area (Å²) in [6, 6.07) is 0.405. The molecular weight excluding hydrogens is 240 g/mol. The molecule has 0 heterocycles. The van der Waals surface area contributed by atoms with Gasteiger partial charge in [0, 0.05) is 12.6 Å². The summed E-state index contributed by atoms with van der Waals surface area (Å²) in [6.07, 6.45) is 6.48. The molecule has 112 valence electrons. The zero-order valence-electron chi connectivity index (χ0n) is 12.9. The minimum absolute atomic E-state index is 0.140. The van der Waals surface area contributed by atoms with E-state index in [1.165, 1.54) is 32.1 Å². The van der Waals surface area contributed by atoms with Gasteiger partial charge in [0.2, 0.25) is 0 Å². The summed E-state index contributed by atoms with van der Waals surface area (Å²) in [5, 5.41) is 3.06. The largest absolute Gasteiger partial charge is 0.465 e. The van der Waals surface area contributed by atoms with Crippen molar-refractivity contribution < 1.29 is 9.53 Å². The Morgan fingerprint density at radius 1 is 1.32 bits per heavy atom. The molecule has 4 heteroatoms. The van der Waals surface area contributed by atoms with Gasteiger partial charge >= 0.3 is 5.97 Å². The molecule has 0 bridgehead atoms. The Morgan fingerprint density at radius 3 is 2.42 bits per heavy atom. The Kier molecular flexibility index (Phi) is 7.39. The third-order valence-corrected chi connectivity index (χ3v) is 4.41. The first kappa shape index (κ1) is 16.4. The molecule has 0 saturated heterocycles. The first-order chi connectivity index (χ1) is 9.12. The molecule has 1 fully saturated rings. The van der Waals surface area contributed by atoms with Gasteiger partial charge in [-0.15, -0.1) is 0 Å². The summed E-state index contributed by atoms with van der Waals surface area (Å²) in [5.41, 5.74) is 0. The molecule has 1 unspecified atom stereocenters. The van der Waals surface area contributed by atoms with Gasteiger partial charge in [0.25, 0.3) is 0 Å². The highest BCUT2D eigenvalue weighted by Crippen LogP contribution is 2.28. The molecule has 0 spiro atoms. The van der Waals surface area contributed by atoms with Crippen LogP contribution in [0.3, 0.4) is 0 Å². The van der Waals surface area contributed by atoms with Gasteiger partial charge in [0.05, 0.1) is 6.61 Å². The second-order valence-electron chi connectivity index (χ2n) is 5.62. The Labute approximate surface area is 117 Å². The van der Waals surface area contributed by atoms with E-state index in [-0.39, 0.29) is 12.0 Å². The van der Waals surface area contributed by atoms with E-state index in [0.29, 0.717) is 12.6 Å². The highest BCUT2D eigenvalue weighted by molar-refractivity contribution is 5.76. The minimum atomic E-state index is -0.214. The number of esters is 1. The molecule has 0 radical (unpaired) electrons. The summed E-state index contributed by atoms with van der Waals surface area (Å²) < 4.78 is 5.09. The van der Waals surface area contributed by atoms with Crippen LogP contribution in [0.2, 0.25) is 0 Å². The SMILES string of the molecule is CCOC(=O)C(CN(C)C1CCC(CC)CC1)NC. The van der Waals surface area contributed by atoms with E-state index < -0.39 is 0 Å². The Hall–Kier alpha value is -0.610. The molecule has 1 N–H and O–H groups in total. The lowest BCUT2D eigenvalue weighted by molar-refractivity contribution is -0.146. The summed E-state index contributed by atoms with van der Waals surface area (Å²) >= 11 is 0. The Morgan fingerprint density at radius 2 is 1.95 bits per heavy atom. The van der Waals surface area contributed by atoms with E-state index in [0.717, 1.165) is 12.5 Å². The number of ether oxygens (including phenoxy) is 1. The molecule has 0 aromatic carbocycles. The summed E-state index contributed by atoms with van der Waals surface area (Å²) in [4.78, 5) is 14.1. The molecule has 19 heavy (non-hydrogen) atoms. The lowest BCUT2D eigenvalue weighted by Crippen LogP contribution is -2.48. The predicted molar refractivity (Wildman–Crippen MR) is 78.1 cm³/mol. The predicted octanol–water partition coefficient (Wildman–Crippen LogP) is 2.04. The molecule has 0 aromatic rings. The zero-order chi connectivity index (χ0) is 14.3. The van der Waals surface area contributed by atoms with E-state index in [9.17, 15) is 4.79 Å². The summed E-state index contributed by atoms with van der Waals surface area (Å²) in [6.45, 7) is 5.31. The Balaban J connectivity index is 2.40. The highest BCUT2D eigenvalue weighted by atomic mass is 16.5. The number of rotatable bonds is 7. The molecule has 0 aliphatic heterocycles. The van der Waals surface area contributed by atoms with Crippen molar-refractivity contribution in [2.24, 2.45) is 5.92 Å². The lowest BCUT2D eigenvalue weighted by Gasteiger charge is -2.35. The monoisotopic (exact) mass is 270 g/mol. The second-order valence-corrected chi connectivity index (χ2v) is 5.62. The van der Waals surface area contributed by atoms with Crippen molar-refractivity contribution in [1.29, 1.82) is 0 Å². The summed E-state index contributed by atoms with van der Waals surface area (Å²) in [5.74, 6) is 0.772. The van der Waals surface area contributed by atoms with Gasteiger partial charge in [-0.3, -0.25) is 4.79 Å². The van der Waals surface area contributed by atoms with E-state index in [1.807, 2.05) is 14.0 Å². The van der Waals surface area contributed by atoms with Crippen LogP contribution in [-0.2, 0) is 9.53 Å². The third-order valence-electron chi connectivity index (χ3n) is 4.41. The highest BCUT2D eigenvalue weighted by Gasteiger charge is 2.26. The van der Waals surface area contributed by atoms with Gasteiger partial charge in [0.15, 0.2) is 0 Å². The average Bonchev–Trinajstić information content (AvgIpc) is 2.44. The van der Waals surface area contributed by atoms with Crippen LogP contribution in [0, 0.1) is 5.92 Å². The van der Waals surface area contributed by atoms with E-state index in [2.05, 4.69) is 24.2 Å². The number of hydrogen-bond acceptors (Lipinski definition) is 4.